The molecular weight excluding hydrogens is 190 g/mol. The third-order valence-corrected chi connectivity index (χ3v) is 2.86. The highest BCUT2D eigenvalue weighted by atomic mass is 15.3. The Bertz CT molecular complexity index is 320. The summed E-state index contributed by atoms with van der Waals surface area (Å²) in [5.74, 6) is 2.21. The van der Waals surface area contributed by atoms with Crippen LogP contribution in [-0.4, -0.2) is 27.9 Å². The van der Waals surface area contributed by atoms with Crippen LogP contribution in [0.4, 0.5) is 0 Å². The minimum atomic E-state index is 0.274. The zero-order valence-corrected chi connectivity index (χ0v) is 9.24. The van der Waals surface area contributed by atoms with Gasteiger partial charge in [-0.05, 0) is 32.9 Å². The Morgan fingerprint density at radius 2 is 2.40 bits per heavy atom. The highest BCUT2D eigenvalue weighted by molar-refractivity contribution is 5.03. The summed E-state index contributed by atoms with van der Waals surface area (Å²) in [6.45, 7) is 4.88. The third-order valence-electron chi connectivity index (χ3n) is 2.86. The maximum absolute atomic E-state index is 5.45. The zero-order valence-electron chi connectivity index (χ0n) is 9.24. The first-order valence-electron chi connectivity index (χ1n) is 5.68. The van der Waals surface area contributed by atoms with E-state index in [1.165, 1.54) is 6.42 Å². The smallest absolute Gasteiger partial charge is 0.149 e. The van der Waals surface area contributed by atoms with Gasteiger partial charge in [0.15, 0.2) is 0 Å². The van der Waals surface area contributed by atoms with Gasteiger partial charge in [-0.15, -0.1) is 10.2 Å². The van der Waals surface area contributed by atoms with Gasteiger partial charge in [-0.3, -0.25) is 0 Å². The Morgan fingerprint density at radius 3 is 3.20 bits per heavy atom. The average molecular weight is 209 g/mol. The quantitative estimate of drug-likeness (QED) is 0.681. The lowest BCUT2D eigenvalue weighted by atomic mass is 10.3. The molecular formula is C10H19N5. The molecule has 5 nitrogen and oxygen atoms in total. The van der Waals surface area contributed by atoms with Crippen molar-refractivity contribution in [3.8, 4) is 0 Å². The summed E-state index contributed by atoms with van der Waals surface area (Å²) < 4.78 is 2.24. The van der Waals surface area contributed by atoms with Crippen molar-refractivity contribution in [3.63, 3.8) is 0 Å². The number of aryl methyl sites for hydroxylation is 1. The number of fused-ring (bicyclic) bond motifs is 1. The molecule has 3 N–H and O–H groups in total. The molecule has 0 saturated heterocycles. The van der Waals surface area contributed by atoms with Crippen LogP contribution in [0.5, 0.6) is 0 Å². The van der Waals surface area contributed by atoms with E-state index < -0.39 is 0 Å². The Kier molecular flexibility index (Phi) is 3.33. The van der Waals surface area contributed by atoms with E-state index in [0.717, 1.165) is 44.1 Å². The van der Waals surface area contributed by atoms with E-state index >= 15 is 0 Å². The lowest BCUT2D eigenvalue weighted by molar-refractivity contribution is 0.510. The predicted molar refractivity (Wildman–Crippen MR) is 58.4 cm³/mol. The van der Waals surface area contributed by atoms with Crippen LogP contribution in [0.15, 0.2) is 0 Å². The minimum absolute atomic E-state index is 0.274. The molecule has 15 heavy (non-hydrogen) atoms. The van der Waals surface area contributed by atoms with Gasteiger partial charge in [-0.25, -0.2) is 0 Å². The molecule has 1 aromatic heterocycles. The highest BCUT2D eigenvalue weighted by Gasteiger charge is 2.20. The van der Waals surface area contributed by atoms with Gasteiger partial charge in [-0.2, -0.15) is 0 Å². The van der Waals surface area contributed by atoms with E-state index in [0.29, 0.717) is 0 Å². The summed E-state index contributed by atoms with van der Waals surface area (Å²) >= 11 is 0. The Labute approximate surface area is 90.1 Å². The largest absolute Gasteiger partial charge is 0.330 e. The molecule has 0 aromatic carbocycles. The minimum Gasteiger partial charge on any atom is -0.330 e. The van der Waals surface area contributed by atoms with E-state index in [9.17, 15) is 0 Å². The molecule has 1 aliphatic heterocycles. The Morgan fingerprint density at radius 1 is 1.53 bits per heavy atom. The van der Waals surface area contributed by atoms with Crippen molar-refractivity contribution < 1.29 is 0 Å². The van der Waals surface area contributed by atoms with Gasteiger partial charge in [0.2, 0.25) is 0 Å². The lowest BCUT2D eigenvalue weighted by Gasteiger charge is -2.13. The molecule has 2 rings (SSSR count). The van der Waals surface area contributed by atoms with Crippen LogP contribution >= 0.6 is 0 Å². The van der Waals surface area contributed by atoms with Crippen molar-refractivity contribution in [2.24, 2.45) is 5.73 Å². The molecule has 0 amide bonds. The topological polar surface area (TPSA) is 68.8 Å². The van der Waals surface area contributed by atoms with Crippen LogP contribution in [0.25, 0.3) is 0 Å². The van der Waals surface area contributed by atoms with Crippen LogP contribution in [0, 0.1) is 0 Å². The Balaban J connectivity index is 1.96. The summed E-state index contributed by atoms with van der Waals surface area (Å²) in [7, 11) is 0. The number of nitrogens with one attached hydrogen (secondary N) is 1. The molecule has 84 valence electrons. The number of nitrogens with two attached hydrogens (primary N) is 1. The van der Waals surface area contributed by atoms with Crippen molar-refractivity contribution in [2.75, 3.05) is 13.1 Å². The number of nitrogens with zero attached hydrogens (tertiary/aromatic N) is 3. The average Bonchev–Trinajstić information content (AvgIpc) is 2.78. The summed E-state index contributed by atoms with van der Waals surface area (Å²) in [6, 6.07) is 0.274. The second kappa shape index (κ2) is 4.72. The maximum atomic E-state index is 5.45. The summed E-state index contributed by atoms with van der Waals surface area (Å²) in [5, 5.41) is 11.8. The maximum Gasteiger partial charge on any atom is 0.149 e. The Hall–Kier alpha value is -0.940. The van der Waals surface area contributed by atoms with Crippen LogP contribution in [0.1, 0.15) is 37.5 Å². The van der Waals surface area contributed by atoms with E-state index in [2.05, 4.69) is 27.0 Å². The molecule has 0 saturated carbocycles. The van der Waals surface area contributed by atoms with Gasteiger partial charge >= 0.3 is 0 Å². The molecule has 0 spiro atoms. The third kappa shape index (κ3) is 2.18. The van der Waals surface area contributed by atoms with Gasteiger partial charge < -0.3 is 15.6 Å². The first-order chi connectivity index (χ1) is 7.33. The van der Waals surface area contributed by atoms with E-state index in [4.69, 9.17) is 5.73 Å². The van der Waals surface area contributed by atoms with Gasteiger partial charge in [-0.1, -0.05) is 0 Å². The van der Waals surface area contributed by atoms with Crippen molar-refractivity contribution in [1.82, 2.24) is 20.1 Å². The molecule has 0 bridgehead atoms. The molecule has 1 atom stereocenters. The second-order valence-electron chi connectivity index (χ2n) is 4.05. The summed E-state index contributed by atoms with van der Waals surface area (Å²) in [5.41, 5.74) is 5.45. The van der Waals surface area contributed by atoms with Crippen molar-refractivity contribution in [3.05, 3.63) is 11.6 Å². The van der Waals surface area contributed by atoms with E-state index in [1.54, 1.807) is 0 Å². The van der Waals surface area contributed by atoms with Crippen LogP contribution in [0.2, 0.25) is 0 Å². The van der Waals surface area contributed by atoms with E-state index in [1.807, 2.05) is 0 Å². The first-order valence-corrected chi connectivity index (χ1v) is 5.68. The van der Waals surface area contributed by atoms with Gasteiger partial charge in [0.1, 0.15) is 11.6 Å². The molecule has 1 aliphatic rings. The van der Waals surface area contributed by atoms with Crippen LogP contribution in [-0.2, 0) is 13.0 Å². The monoisotopic (exact) mass is 209 g/mol. The van der Waals surface area contributed by atoms with Crippen molar-refractivity contribution in [1.29, 1.82) is 0 Å². The fourth-order valence-electron chi connectivity index (χ4n) is 2.01. The standard InChI is InChI=1S/C10H19N5/c1-8(12-6-3-5-11)10-14-13-9-4-2-7-15(9)10/h8,12H,2-7,11H2,1H3. The summed E-state index contributed by atoms with van der Waals surface area (Å²) in [4.78, 5) is 0. The molecule has 0 radical (unpaired) electrons. The number of hydrogen-bond donors (Lipinski definition) is 2. The van der Waals surface area contributed by atoms with Crippen LogP contribution < -0.4 is 11.1 Å². The molecule has 0 aliphatic carbocycles. The second-order valence-corrected chi connectivity index (χ2v) is 4.05. The molecule has 1 unspecified atom stereocenters. The lowest BCUT2D eigenvalue weighted by Crippen LogP contribution is -2.24. The number of hydrogen-bond acceptors (Lipinski definition) is 4. The zero-order chi connectivity index (χ0) is 10.7. The predicted octanol–water partition coefficient (Wildman–Crippen LogP) is 0.224. The number of aromatic nitrogens is 3. The van der Waals surface area contributed by atoms with Crippen molar-refractivity contribution in [2.45, 2.75) is 38.8 Å². The first kappa shape index (κ1) is 10.6. The molecule has 0 fully saturated rings. The molecule has 1 aromatic rings. The van der Waals surface area contributed by atoms with Gasteiger partial charge in [0.25, 0.3) is 0 Å². The fraction of sp³-hybridized carbons (Fsp3) is 0.800. The van der Waals surface area contributed by atoms with Gasteiger partial charge in [0, 0.05) is 13.0 Å². The summed E-state index contributed by atoms with van der Waals surface area (Å²) in [6.07, 6.45) is 3.28. The molecule has 2 heterocycles. The normalized spacial score (nSPS) is 16.7. The number of rotatable bonds is 5. The van der Waals surface area contributed by atoms with Crippen molar-refractivity contribution >= 4 is 0 Å². The highest BCUT2D eigenvalue weighted by Crippen LogP contribution is 2.18. The molecule has 5 heteroatoms. The SMILES string of the molecule is CC(NCCCN)c1nnc2n1CCC2. The van der Waals surface area contributed by atoms with E-state index in [-0.39, 0.29) is 6.04 Å². The van der Waals surface area contributed by atoms with Gasteiger partial charge in [0.05, 0.1) is 6.04 Å². The fourth-order valence-corrected chi connectivity index (χ4v) is 2.01. The van der Waals surface area contributed by atoms with Crippen LogP contribution in [0.3, 0.4) is 0 Å².